The van der Waals surface area contributed by atoms with Gasteiger partial charge in [0.05, 0.1) is 18.5 Å². The summed E-state index contributed by atoms with van der Waals surface area (Å²) in [6.07, 6.45) is 3.55. The normalized spacial score (nSPS) is 10.1. The first-order valence-electron chi connectivity index (χ1n) is 4.25. The van der Waals surface area contributed by atoms with E-state index in [4.69, 9.17) is 10.5 Å². The molecule has 0 spiro atoms. The summed E-state index contributed by atoms with van der Waals surface area (Å²) in [6, 6.07) is 7.32. The molecular formula is C10H11N3O. The average molecular weight is 189 g/mol. The van der Waals surface area contributed by atoms with E-state index in [0.717, 1.165) is 11.4 Å². The summed E-state index contributed by atoms with van der Waals surface area (Å²) >= 11 is 0. The van der Waals surface area contributed by atoms with Crippen molar-refractivity contribution >= 4 is 5.69 Å². The average Bonchev–Trinajstić information content (AvgIpc) is 2.71. The zero-order valence-corrected chi connectivity index (χ0v) is 7.84. The highest BCUT2D eigenvalue weighted by Gasteiger charge is 2.03. The Morgan fingerprint density at radius 3 is 2.93 bits per heavy atom. The number of benzene rings is 1. The van der Waals surface area contributed by atoms with Gasteiger partial charge < -0.3 is 10.5 Å². The molecule has 0 aliphatic rings. The van der Waals surface area contributed by atoms with Crippen molar-refractivity contribution in [3.05, 3.63) is 36.7 Å². The Balaban J connectivity index is 2.51. The van der Waals surface area contributed by atoms with Crippen molar-refractivity contribution in [1.29, 1.82) is 0 Å². The molecule has 0 aliphatic heterocycles. The summed E-state index contributed by atoms with van der Waals surface area (Å²) in [6.45, 7) is 0. The summed E-state index contributed by atoms with van der Waals surface area (Å²) in [7, 11) is 1.62. The number of nitrogen functional groups attached to an aromatic ring is 1. The van der Waals surface area contributed by atoms with Crippen molar-refractivity contribution in [2.75, 3.05) is 12.8 Å². The lowest BCUT2D eigenvalue weighted by molar-refractivity contribution is 0.414. The zero-order chi connectivity index (χ0) is 9.97. The number of nitrogens with two attached hydrogens (primary N) is 1. The number of anilines is 1. The van der Waals surface area contributed by atoms with E-state index in [-0.39, 0.29) is 0 Å². The van der Waals surface area contributed by atoms with Crippen LogP contribution in [0.5, 0.6) is 5.75 Å². The lowest BCUT2D eigenvalue weighted by atomic mass is 10.2. The molecule has 0 radical (unpaired) electrons. The minimum Gasteiger partial charge on any atom is -0.497 e. The van der Waals surface area contributed by atoms with Crippen LogP contribution in [-0.4, -0.2) is 16.9 Å². The van der Waals surface area contributed by atoms with E-state index < -0.39 is 0 Å². The number of nitrogens with zero attached hydrogens (tertiary/aromatic N) is 2. The molecule has 2 N–H and O–H groups in total. The van der Waals surface area contributed by atoms with Gasteiger partial charge in [-0.15, -0.1) is 0 Å². The van der Waals surface area contributed by atoms with Crippen LogP contribution in [0, 0.1) is 0 Å². The fourth-order valence-electron chi connectivity index (χ4n) is 1.26. The van der Waals surface area contributed by atoms with Crippen LogP contribution in [0.1, 0.15) is 0 Å². The van der Waals surface area contributed by atoms with Crippen molar-refractivity contribution in [2.45, 2.75) is 0 Å². The summed E-state index contributed by atoms with van der Waals surface area (Å²) in [5.41, 5.74) is 7.32. The molecule has 0 fully saturated rings. The van der Waals surface area contributed by atoms with Crippen molar-refractivity contribution in [3.63, 3.8) is 0 Å². The van der Waals surface area contributed by atoms with Crippen molar-refractivity contribution < 1.29 is 4.74 Å². The number of ether oxygens (including phenoxy) is 1. The van der Waals surface area contributed by atoms with E-state index >= 15 is 0 Å². The molecule has 4 nitrogen and oxygen atoms in total. The molecule has 2 rings (SSSR count). The Morgan fingerprint density at radius 1 is 1.43 bits per heavy atom. The van der Waals surface area contributed by atoms with Crippen LogP contribution >= 0.6 is 0 Å². The third kappa shape index (κ3) is 1.42. The molecule has 0 atom stereocenters. The number of methoxy groups -OCH3 is 1. The highest BCUT2D eigenvalue weighted by atomic mass is 16.5. The Hall–Kier alpha value is -1.97. The first kappa shape index (κ1) is 8.62. The standard InChI is InChI=1S/C10H11N3O/c1-14-8-3-4-9(11)10(7-8)13-6-2-5-12-13/h2-7H,11H2,1H3. The van der Waals surface area contributed by atoms with E-state index in [1.54, 1.807) is 24.1 Å². The van der Waals surface area contributed by atoms with Crippen LogP contribution in [-0.2, 0) is 0 Å². The lowest BCUT2D eigenvalue weighted by Gasteiger charge is -2.07. The Labute approximate surface area is 81.9 Å². The largest absolute Gasteiger partial charge is 0.497 e. The molecule has 14 heavy (non-hydrogen) atoms. The monoisotopic (exact) mass is 189 g/mol. The lowest BCUT2D eigenvalue weighted by Crippen LogP contribution is -2.00. The fourth-order valence-corrected chi connectivity index (χ4v) is 1.26. The Morgan fingerprint density at radius 2 is 2.29 bits per heavy atom. The molecule has 72 valence electrons. The second kappa shape index (κ2) is 3.41. The minimum atomic E-state index is 0.675. The van der Waals surface area contributed by atoms with Gasteiger partial charge in [0.2, 0.25) is 0 Å². The van der Waals surface area contributed by atoms with E-state index in [2.05, 4.69) is 5.10 Å². The van der Waals surface area contributed by atoms with Gasteiger partial charge in [-0.1, -0.05) is 0 Å². The van der Waals surface area contributed by atoms with E-state index in [0.29, 0.717) is 5.69 Å². The van der Waals surface area contributed by atoms with Gasteiger partial charge in [0.15, 0.2) is 0 Å². The first-order chi connectivity index (χ1) is 6.81. The quantitative estimate of drug-likeness (QED) is 0.728. The van der Waals surface area contributed by atoms with Gasteiger partial charge in [0, 0.05) is 18.5 Å². The minimum absolute atomic E-state index is 0.675. The molecule has 4 heteroatoms. The van der Waals surface area contributed by atoms with Gasteiger partial charge in [-0.2, -0.15) is 5.10 Å². The van der Waals surface area contributed by atoms with Crippen LogP contribution in [0.15, 0.2) is 36.7 Å². The van der Waals surface area contributed by atoms with Crippen LogP contribution in [0.3, 0.4) is 0 Å². The third-order valence-corrected chi connectivity index (χ3v) is 1.99. The molecule has 0 saturated carbocycles. The molecule has 0 amide bonds. The number of aromatic nitrogens is 2. The van der Waals surface area contributed by atoms with Gasteiger partial charge >= 0.3 is 0 Å². The second-order valence-electron chi connectivity index (χ2n) is 2.88. The highest BCUT2D eigenvalue weighted by molar-refractivity contribution is 5.60. The first-order valence-corrected chi connectivity index (χ1v) is 4.25. The van der Waals surface area contributed by atoms with E-state index in [1.165, 1.54) is 0 Å². The van der Waals surface area contributed by atoms with Gasteiger partial charge in [0.25, 0.3) is 0 Å². The molecule has 0 saturated heterocycles. The van der Waals surface area contributed by atoms with Crippen LogP contribution in [0.25, 0.3) is 5.69 Å². The molecule has 1 aromatic heterocycles. The molecule has 2 aromatic rings. The van der Waals surface area contributed by atoms with Gasteiger partial charge in [0.1, 0.15) is 5.75 Å². The Kier molecular flexibility index (Phi) is 2.10. The maximum absolute atomic E-state index is 5.82. The predicted molar refractivity (Wildman–Crippen MR) is 54.5 cm³/mol. The van der Waals surface area contributed by atoms with Crippen molar-refractivity contribution in [1.82, 2.24) is 9.78 Å². The van der Waals surface area contributed by atoms with Crippen molar-refractivity contribution in [3.8, 4) is 11.4 Å². The highest BCUT2D eigenvalue weighted by Crippen LogP contribution is 2.22. The van der Waals surface area contributed by atoms with Gasteiger partial charge in [-0.05, 0) is 18.2 Å². The van der Waals surface area contributed by atoms with Crippen molar-refractivity contribution in [2.24, 2.45) is 0 Å². The Bertz CT molecular complexity index is 423. The smallest absolute Gasteiger partial charge is 0.121 e. The number of rotatable bonds is 2. The molecule has 1 aromatic carbocycles. The van der Waals surface area contributed by atoms with E-state index in [1.807, 2.05) is 24.4 Å². The maximum atomic E-state index is 5.82. The summed E-state index contributed by atoms with van der Waals surface area (Å²) in [4.78, 5) is 0. The molecule has 0 unspecified atom stereocenters. The van der Waals surface area contributed by atoms with Crippen LogP contribution in [0.2, 0.25) is 0 Å². The maximum Gasteiger partial charge on any atom is 0.121 e. The van der Waals surface area contributed by atoms with Gasteiger partial charge in [-0.25, -0.2) is 4.68 Å². The summed E-state index contributed by atoms with van der Waals surface area (Å²) in [5, 5.41) is 4.10. The molecule has 0 bridgehead atoms. The topological polar surface area (TPSA) is 53.1 Å². The summed E-state index contributed by atoms with van der Waals surface area (Å²) in [5.74, 6) is 0.768. The van der Waals surface area contributed by atoms with Gasteiger partial charge in [-0.3, -0.25) is 0 Å². The van der Waals surface area contributed by atoms with E-state index in [9.17, 15) is 0 Å². The predicted octanol–water partition coefficient (Wildman–Crippen LogP) is 1.46. The molecule has 1 heterocycles. The SMILES string of the molecule is COc1ccc(N)c(-n2cccn2)c1. The van der Waals surface area contributed by atoms with Crippen LogP contribution in [0.4, 0.5) is 5.69 Å². The molecule has 0 aliphatic carbocycles. The molecular weight excluding hydrogens is 178 g/mol. The number of hydrogen-bond donors (Lipinski definition) is 1. The summed E-state index contributed by atoms with van der Waals surface area (Å²) < 4.78 is 6.82. The van der Waals surface area contributed by atoms with Crippen LogP contribution < -0.4 is 10.5 Å². The zero-order valence-electron chi connectivity index (χ0n) is 7.84. The fraction of sp³-hybridized carbons (Fsp3) is 0.100. The second-order valence-corrected chi connectivity index (χ2v) is 2.88. The third-order valence-electron chi connectivity index (χ3n) is 1.99. The number of hydrogen-bond acceptors (Lipinski definition) is 3.